The first-order valence-electron chi connectivity index (χ1n) is 12.7. The Balaban J connectivity index is 1.38. The van der Waals surface area contributed by atoms with Gasteiger partial charge in [0.2, 0.25) is 0 Å². The Morgan fingerprint density at radius 3 is 2.24 bits per heavy atom. The molecule has 0 fully saturated rings. The lowest BCUT2D eigenvalue weighted by Gasteiger charge is -2.18. The van der Waals surface area contributed by atoms with Gasteiger partial charge in [0.05, 0.1) is 13.7 Å². The van der Waals surface area contributed by atoms with Crippen LogP contribution in [0, 0.1) is 0 Å². The van der Waals surface area contributed by atoms with E-state index in [0.29, 0.717) is 23.7 Å². The van der Waals surface area contributed by atoms with Crippen molar-refractivity contribution in [1.29, 1.82) is 0 Å². The number of hydrogen-bond acceptors (Lipinski definition) is 5. The van der Waals surface area contributed by atoms with Gasteiger partial charge >= 0.3 is 12.1 Å². The molecule has 37 heavy (non-hydrogen) atoms. The van der Waals surface area contributed by atoms with Gasteiger partial charge in [-0.2, -0.15) is 0 Å². The van der Waals surface area contributed by atoms with Crippen LogP contribution in [0.25, 0.3) is 11.1 Å². The Labute approximate surface area is 217 Å². The molecule has 0 saturated carbocycles. The first kappa shape index (κ1) is 26.1. The number of ether oxygens (including phenoxy) is 3. The zero-order valence-corrected chi connectivity index (χ0v) is 21.2. The number of unbranched alkanes of at least 4 members (excludes halogenated alkanes) is 2. The van der Waals surface area contributed by atoms with Crippen molar-refractivity contribution in [3.8, 4) is 22.6 Å². The highest BCUT2D eigenvalue weighted by molar-refractivity contribution is 5.81. The molecule has 1 unspecified atom stereocenters. The normalized spacial score (nSPS) is 12.8. The van der Waals surface area contributed by atoms with Crippen molar-refractivity contribution < 1.29 is 28.9 Å². The van der Waals surface area contributed by atoms with Crippen molar-refractivity contribution in [3.05, 3.63) is 83.4 Å². The third-order valence-corrected chi connectivity index (χ3v) is 6.61. The molecular formula is C30H33NO6. The van der Waals surface area contributed by atoms with E-state index in [1.165, 1.54) is 0 Å². The molecule has 2 N–H and O–H groups in total. The van der Waals surface area contributed by atoms with Gasteiger partial charge < -0.3 is 24.6 Å². The number of carbonyl (C=O) groups excluding carboxylic acids is 1. The highest BCUT2D eigenvalue weighted by Crippen LogP contribution is 2.44. The third-order valence-electron chi connectivity index (χ3n) is 6.61. The maximum atomic E-state index is 12.6. The molecule has 0 saturated heterocycles. The molecule has 0 aliphatic heterocycles. The molecule has 1 aliphatic carbocycles. The SMILES string of the molecule is CCCCCOc1ccc(CC(NC(=O)OCC2c3ccccc3-c3ccccc32)C(=O)O)cc1OC. The lowest BCUT2D eigenvalue weighted by atomic mass is 9.98. The summed E-state index contributed by atoms with van der Waals surface area (Å²) in [5.74, 6) is -0.110. The number of carboxylic acids is 1. The molecule has 1 amide bonds. The molecule has 1 aliphatic rings. The Hall–Kier alpha value is -4.00. The van der Waals surface area contributed by atoms with Crippen LogP contribution >= 0.6 is 0 Å². The summed E-state index contributed by atoms with van der Waals surface area (Å²) < 4.78 is 16.8. The second kappa shape index (κ2) is 12.3. The number of hydrogen-bond donors (Lipinski definition) is 2. The van der Waals surface area contributed by atoms with E-state index in [1.54, 1.807) is 25.3 Å². The second-order valence-electron chi connectivity index (χ2n) is 9.11. The maximum Gasteiger partial charge on any atom is 0.407 e. The lowest BCUT2D eigenvalue weighted by Crippen LogP contribution is -2.42. The van der Waals surface area contributed by atoms with Gasteiger partial charge in [-0.05, 0) is 46.4 Å². The Kier molecular flexibility index (Phi) is 8.67. The number of alkyl carbamates (subject to hydrolysis) is 1. The van der Waals surface area contributed by atoms with Crippen molar-refractivity contribution in [2.24, 2.45) is 0 Å². The van der Waals surface area contributed by atoms with Gasteiger partial charge in [-0.1, -0.05) is 74.4 Å². The van der Waals surface area contributed by atoms with E-state index in [2.05, 4.69) is 24.4 Å². The van der Waals surface area contributed by atoms with Gasteiger partial charge in [-0.15, -0.1) is 0 Å². The standard InChI is InChI=1S/C30H33NO6/c1-3-4-9-16-36-27-15-14-20(18-28(27)35-2)17-26(29(32)33)31-30(34)37-19-25-23-12-7-5-10-21(23)22-11-6-8-13-24(22)25/h5-8,10-15,18,25-26H,3-4,9,16-17,19H2,1-2H3,(H,31,34)(H,32,33). The van der Waals surface area contributed by atoms with E-state index in [-0.39, 0.29) is 18.9 Å². The van der Waals surface area contributed by atoms with Crippen LogP contribution in [0.3, 0.4) is 0 Å². The van der Waals surface area contributed by atoms with Crippen molar-refractivity contribution >= 4 is 12.1 Å². The molecule has 1 atom stereocenters. The molecule has 3 aromatic carbocycles. The minimum atomic E-state index is -1.16. The second-order valence-corrected chi connectivity index (χ2v) is 9.11. The Bertz CT molecular complexity index is 1190. The number of carboxylic acid groups (broad SMARTS) is 1. The molecule has 7 nitrogen and oxygen atoms in total. The summed E-state index contributed by atoms with van der Waals surface area (Å²) in [6.07, 6.45) is 2.45. The van der Waals surface area contributed by atoms with Gasteiger partial charge in [0.15, 0.2) is 11.5 Å². The van der Waals surface area contributed by atoms with Crippen molar-refractivity contribution in [3.63, 3.8) is 0 Å². The maximum absolute atomic E-state index is 12.6. The van der Waals surface area contributed by atoms with E-state index in [9.17, 15) is 14.7 Å². The molecule has 0 heterocycles. The fourth-order valence-corrected chi connectivity index (χ4v) is 4.71. The molecule has 7 heteroatoms. The van der Waals surface area contributed by atoms with Crippen LogP contribution in [0.5, 0.6) is 11.5 Å². The van der Waals surface area contributed by atoms with E-state index < -0.39 is 18.1 Å². The Morgan fingerprint density at radius 2 is 1.62 bits per heavy atom. The molecule has 0 radical (unpaired) electrons. The zero-order valence-electron chi connectivity index (χ0n) is 21.2. The van der Waals surface area contributed by atoms with Gasteiger partial charge in [0.1, 0.15) is 12.6 Å². The molecular weight excluding hydrogens is 470 g/mol. The van der Waals surface area contributed by atoms with Crippen LogP contribution in [0.4, 0.5) is 4.79 Å². The quantitative estimate of drug-likeness (QED) is 0.304. The molecule has 3 aromatic rings. The first-order valence-corrected chi connectivity index (χ1v) is 12.7. The summed E-state index contributed by atoms with van der Waals surface area (Å²) in [4.78, 5) is 24.6. The fraction of sp³-hybridized carbons (Fsp3) is 0.333. The van der Waals surface area contributed by atoms with E-state index >= 15 is 0 Å². The average Bonchev–Trinajstić information content (AvgIpc) is 3.23. The van der Waals surface area contributed by atoms with Gasteiger partial charge in [-0.25, -0.2) is 9.59 Å². The summed E-state index contributed by atoms with van der Waals surface area (Å²) >= 11 is 0. The number of fused-ring (bicyclic) bond motifs is 3. The van der Waals surface area contributed by atoms with Crippen molar-refractivity contribution in [2.45, 2.75) is 44.6 Å². The minimum Gasteiger partial charge on any atom is -0.493 e. The first-order chi connectivity index (χ1) is 18.0. The van der Waals surface area contributed by atoms with Crippen LogP contribution in [0.1, 0.15) is 48.8 Å². The smallest absolute Gasteiger partial charge is 0.407 e. The van der Waals surface area contributed by atoms with E-state index in [0.717, 1.165) is 41.5 Å². The van der Waals surface area contributed by atoms with E-state index in [1.807, 2.05) is 36.4 Å². The predicted molar refractivity (Wildman–Crippen MR) is 141 cm³/mol. The Morgan fingerprint density at radius 1 is 0.946 bits per heavy atom. The van der Waals surface area contributed by atoms with Gasteiger partial charge in [0, 0.05) is 12.3 Å². The van der Waals surface area contributed by atoms with Crippen molar-refractivity contribution in [1.82, 2.24) is 5.32 Å². The molecule has 0 bridgehead atoms. The van der Waals surface area contributed by atoms with Gasteiger partial charge in [-0.3, -0.25) is 0 Å². The molecule has 0 spiro atoms. The zero-order chi connectivity index (χ0) is 26.2. The number of benzene rings is 3. The largest absolute Gasteiger partial charge is 0.493 e. The summed E-state index contributed by atoms with van der Waals surface area (Å²) in [5.41, 5.74) is 5.14. The summed E-state index contributed by atoms with van der Waals surface area (Å²) in [7, 11) is 1.54. The van der Waals surface area contributed by atoms with Crippen LogP contribution < -0.4 is 14.8 Å². The van der Waals surface area contributed by atoms with Gasteiger partial charge in [0.25, 0.3) is 0 Å². The molecule has 4 rings (SSSR count). The number of carbonyl (C=O) groups is 2. The average molecular weight is 504 g/mol. The van der Waals surface area contributed by atoms with Crippen LogP contribution in [-0.2, 0) is 16.0 Å². The fourth-order valence-electron chi connectivity index (χ4n) is 4.71. The summed E-state index contributed by atoms with van der Waals surface area (Å²) in [5, 5.41) is 12.2. The van der Waals surface area contributed by atoms with Crippen LogP contribution in [0.2, 0.25) is 0 Å². The minimum absolute atomic E-state index is 0.0754. The van der Waals surface area contributed by atoms with Crippen LogP contribution in [-0.4, -0.2) is 43.5 Å². The predicted octanol–water partition coefficient (Wildman–Crippen LogP) is 5.80. The molecule has 194 valence electrons. The lowest BCUT2D eigenvalue weighted by molar-refractivity contribution is -0.139. The van der Waals surface area contributed by atoms with Crippen molar-refractivity contribution in [2.75, 3.05) is 20.3 Å². The van der Waals surface area contributed by atoms with Crippen LogP contribution in [0.15, 0.2) is 66.7 Å². The third kappa shape index (κ3) is 6.23. The topological polar surface area (TPSA) is 94.1 Å². The summed E-state index contributed by atoms with van der Waals surface area (Å²) in [6, 6.07) is 20.2. The number of amides is 1. The van der Waals surface area contributed by atoms with E-state index in [4.69, 9.17) is 14.2 Å². The number of rotatable bonds is 12. The monoisotopic (exact) mass is 503 g/mol. The number of methoxy groups -OCH3 is 1. The molecule has 0 aromatic heterocycles. The number of nitrogens with one attached hydrogen (secondary N) is 1. The highest BCUT2D eigenvalue weighted by Gasteiger charge is 2.30. The number of aliphatic carboxylic acids is 1. The highest BCUT2D eigenvalue weighted by atomic mass is 16.5. The summed E-state index contributed by atoms with van der Waals surface area (Å²) in [6.45, 7) is 2.83.